The fourth-order valence-electron chi connectivity index (χ4n) is 2.31. The molecule has 0 saturated carbocycles. The van der Waals surface area contributed by atoms with Crippen LogP contribution in [0.25, 0.3) is 0 Å². The van der Waals surface area contributed by atoms with Gasteiger partial charge in [-0.15, -0.1) is 0 Å². The maximum Gasteiger partial charge on any atom is 0.339 e. The normalized spacial score (nSPS) is 16.9. The summed E-state index contributed by atoms with van der Waals surface area (Å²) >= 11 is 2.23. The predicted octanol–water partition coefficient (Wildman–Crippen LogP) is 3.56. The molecular weight excluding hydrogens is 355 g/mol. The van der Waals surface area contributed by atoms with Gasteiger partial charge >= 0.3 is 5.97 Å². The summed E-state index contributed by atoms with van der Waals surface area (Å²) in [5, 5.41) is 0. The Morgan fingerprint density at radius 1 is 1.16 bits per heavy atom. The molecule has 2 aromatic carbocycles. The van der Waals surface area contributed by atoms with Crippen LogP contribution in [0.2, 0.25) is 0 Å². The van der Waals surface area contributed by atoms with E-state index >= 15 is 0 Å². The second-order valence-electron chi connectivity index (χ2n) is 4.23. The van der Waals surface area contributed by atoms with Gasteiger partial charge in [0, 0.05) is 9.13 Å². The van der Waals surface area contributed by atoms with Crippen LogP contribution in [0, 0.1) is 3.57 Å². The molecule has 0 radical (unpaired) electrons. The van der Waals surface area contributed by atoms with E-state index < -0.39 is 0 Å². The topological polar surface area (TPSA) is 35.5 Å². The summed E-state index contributed by atoms with van der Waals surface area (Å²) in [6.45, 7) is 0. The molecule has 0 amide bonds. The summed E-state index contributed by atoms with van der Waals surface area (Å²) in [5.74, 6) is 0.462. The van der Waals surface area contributed by atoms with Gasteiger partial charge in [0.1, 0.15) is 5.75 Å². The highest BCUT2D eigenvalue weighted by Crippen LogP contribution is 2.41. The van der Waals surface area contributed by atoms with Gasteiger partial charge in [-0.25, -0.2) is 4.79 Å². The second-order valence-corrected chi connectivity index (χ2v) is 5.39. The number of halogens is 1. The van der Waals surface area contributed by atoms with E-state index in [9.17, 15) is 4.79 Å². The van der Waals surface area contributed by atoms with Gasteiger partial charge in [0.15, 0.2) is 6.10 Å². The lowest BCUT2D eigenvalue weighted by Gasteiger charge is -2.16. The zero-order valence-electron chi connectivity index (χ0n) is 10.2. The fourth-order valence-corrected chi connectivity index (χ4v) is 3.07. The van der Waals surface area contributed by atoms with Crippen molar-refractivity contribution in [2.24, 2.45) is 0 Å². The van der Waals surface area contributed by atoms with Gasteiger partial charge in [-0.2, -0.15) is 0 Å². The zero-order chi connectivity index (χ0) is 13.4. The molecule has 96 valence electrons. The van der Waals surface area contributed by atoms with Gasteiger partial charge in [0.2, 0.25) is 0 Å². The minimum Gasteiger partial charge on any atom is -0.496 e. The van der Waals surface area contributed by atoms with Crippen molar-refractivity contribution in [3.8, 4) is 5.75 Å². The maximum atomic E-state index is 11.9. The van der Waals surface area contributed by atoms with Crippen molar-refractivity contribution in [3.63, 3.8) is 0 Å². The number of carbonyl (C=O) groups excluding carboxylic acids is 1. The quantitative estimate of drug-likeness (QED) is 0.602. The Morgan fingerprint density at radius 3 is 2.74 bits per heavy atom. The highest BCUT2D eigenvalue weighted by Gasteiger charge is 2.34. The van der Waals surface area contributed by atoms with Gasteiger partial charge in [0.05, 0.1) is 18.2 Å². The maximum absolute atomic E-state index is 11.9. The molecule has 1 atom stereocenters. The van der Waals surface area contributed by atoms with Crippen molar-refractivity contribution >= 4 is 28.6 Å². The third kappa shape index (κ3) is 2.00. The number of esters is 1. The molecule has 1 heterocycles. The number of methoxy groups -OCH3 is 1. The minimum atomic E-state index is -0.383. The first-order valence-corrected chi connectivity index (χ1v) is 6.92. The Balaban J connectivity index is 2.18. The van der Waals surface area contributed by atoms with Crippen LogP contribution in [0.3, 0.4) is 0 Å². The van der Waals surface area contributed by atoms with E-state index in [1.54, 1.807) is 13.2 Å². The molecule has 19 heavy (non-hydrogen) atoms. The summed E-state index contributed by atoms with van der Waals surface area (Å²) in [5.41, 5.74) is 2.44. The number of fused-ring (bicyclic) bond motifs is 1. The van der Waals surface area contributed by atoms with Crippen LogP contribution in [0.5, 0.6) is 5.75 Å². The number of hydrogen-bond donors (Lipinski definition) is 0. The molecule has 0 saturated heterocycles. The van der Waals surface area contributed by atoms with E-state index in [2.05, 4.69) is 22.6 Å². The minimum absolute atomic E-state index is 0.276. The summed E-state index contributed by atoms with van der Waals surface area (Å²) in [7, 11) is 1.62. The number of ether oxygens (including phenoxy) is 2. The molecule has 1 unspecified atom stereocenters. The van der Waals surface area contributed by atoms with Crippen molar-refractivity contribution in [2.75, 3.05) is 7.11 Å². The molecule has 4 heteroatoms. The van der Waals surface area contributed by atoms with Crippen molar-refractivity contribution in [1.29, 1.82) is 0 Å². The predicted molar refractivity (Wildman–Crippen MR) is 79.4 cm³/mol. The highest BCUT2D eigenvalue weighted by atomic mass is 127. The zero-order valence-corrected chi connectivity index (χ0v) is 12.4. The van der Waals surface area contributed by atoms with Crippen molar-refractivity contribution < 1.29 is 14.3 Å². The Morgan fingerprint density at radius 2 is 1.95 bits per heavy atom. The largest absolute Gasteiger partial charge is 0.496 e. The van der Waals surface area contributed by atoms with E-state index in [1.807, 2.05) is 36.4 Å². The summed E-state index contributed by atoms with van der Waals surface area (Å²) in [6, 6.07) is 13.3. The molecule has 0 N–H and O–H groups in total. The third-order valence-corrected chi connectivity index (χ3v) is 4.12. The smallest absolute Gasteiger partial charge is 0.339 e. The summed E-state index contributed by atoms with van der Waals surface area (Å²) < 4.78 is 11.9. The van der Waals surface area contributed by atoms with E-state index in [4.69, 9.17) is 9.47 Å². The molecular formula is C15H11IO3. The third-order valence-electron chi connectivity index (χ3n) is 3.18. The van der Waals surface area contributed by atoms with Crippen LogP contribution in [0.1, 0.15) is 27.6 Å². The van der Waals surface area contributed by atoms with Gasteiger partial charge < -0.3 is 9.47 Å². The van der Waals surface area contributed by atoms with Gasteiger partial charge in [-0.1, -0.05) is 24.3 Å². The van der Waals surface area contributed by atoms with Crippen LogP contribution in [0.15, 0.2) is 42.5 Å². The highest BCUT2D eigenvalue weighted by molar-refractivity contribution is 14.1. The average Bonchev–Trinajstić information content (AvgIpc) is 2.76. The molecule has 0 aromatic heterocycles. The Kier molecular flexibility index (Phi) is 3.18. The summed E-state index contributed by atoms with van der Waals surface area (Å²) in [4.78, 5) is 11.9. The second kappa shape index (κ2) is 4.85. The average molecular weight is 366 g/mol. The van der Waals surface area contributed by atoms with Crippen LogP contribution < -0.4 is 4.74 Å². The summed E-state index contributed by atoms with van der Waals surface area (Å²) in [6.07, 6.45) is -0.383. The molecule has 1 aliphatic heterocycles. The fraction of sp³-hybridized carbons (Fsp3) is 0.133. The van der Waals surface area contributed by atoms with Crippen molar-refractivity contribution in [2.45, 2.75) is 6.10 Å². The van der Waals surface area contributed by atoms with E-state index in [-0.39, 0.29) is 12.1 Å². The van der Waals surface area contributed by atoms with Gasteiger partial charge in [0.25, 0.3) is 0 Å². The van der Waals surface area contributed by atoms with Crippen LogP contribution in [-0.2, 0) is 4.74 Å². The molecule has 0 aliphatic carbocycles. The standard InChI is InChI=1S/C15H11IO3/c1-18-12-8-4-7-11(16)13(12)14-9-5-2-3-6-10(9)15(17)19-14/h2-8,14H,1H3. The molecule has 3 nitrogen and oxygen atoms in total. The van der Waals surface area contributed by atoms with E-state index in [1.165, 1.54) is 0 Å². The lowest BCUT2D eigenvalue weighted by molar-refractivity contribution is 0.0451. The number of hydrogen-bond acceptors (Lipinski definition) is 3. The van der Waals surface area contributed by atoms with Crippen LogP contribution in [-0.4, -0.2) is 13.1 Å². The SMILES string of the molecule is COc1cccc(I)c1C1OC(=O)c2ccccc21. The number of carbonyl (C=O) groups is 1. The van der Waals surface area contributed by atoms with E-state index in [0.29, 0.717) is 5.56 Å². The molecule has 2 aromatic rings. The van der Waals surface area contributed by atoms with Gasteiger partial charge in [-0.05, 0) is 40.8 Å². The Labute approximate surface area is 124 Å². The van der Waals surface area contributed by atoms with Crippen LogP contribution in [0.4, 0.5) is 0 Å². The first-order valence-electron chi connectivity index (χ1n) is 5.84. The molecule has 0 bridgehead atoms. The number of cyclic esters (lactones) is 1. The lowest BCUT2D eigenvalue weighted by Crippen LogP contribution is -2.05. The van der Waals surface area contributed by atoms with Crippen LogP contribution >= 0.6 is 22.6 Å². The Bertz CT molecular complexity index is 652. The molecule has 3 rings (SSSR count). The first kappa shape index (κ1) is 12.5. The van der Waals surface area contributed by atoms with E-state index in [0.717, 1.165) is 20.4 Å². The Hall–Kier alpha value is -1.56. The van der Waals surface area contributed by atoms with Gasteiger partial charge in [-0.3, -0.25) is 0 Å². The molecule has 0 spiro atoms. The molecule has 1 aliphatic rings. The van der Waals surface area contributed by atoms with Crippen molar-refractivity contribution in [1.82, 2.24) is 0 Å². The number of benzene rings is 2. The lowest BCUT2D eigenvalue weighted by atomic mass is 9.99. The van der Waals surface area contributed by atoms with Crippen molar-refractivity contribution in [3.05, 3.63) is 62.7 Å². The number of rotatable bonds is 2. The first-order chi connectivity index (χ1) is 9.22. The monoisotopic (exact) mass is 366 g/mol. The molecule has 0 fully saturated rings.